The molecule has 2 saturated carbocycles. The SMILES string of the molecule is CN=C(NCCc1ccc2c(c1)OCO2)NCC1(C2CC2)CC1. The molecular weight excluding hydrogens is 290 g/mol. The van der Waals surface area contributed by atoms with Gasteiger partial charge in [0.15, 0.2) is 17.5 Å². The van der Waals surface area contributed by atoms with E-state index in [1.165, 1.54) is 31.2 Å². The summed E-state index contributed by atoms with van der Waals surface area (Å²) in [6.45, 7) is 2.26. The van der Waals surface area contributed by atoms with Crippen LogP contribution in [0.15, 0.2) is 23.2 Å². The molecule has 23 heavy (non-hydrogen) atoms. The quantitative estimate of drug-likeness (QED) is 0.625. The number of hydrogen-bond acceptors (Lipinski definition) is 3. The molecule has 1 aliphatic heterocycles. The van der Waals surface area contributed by atoms with Gasteiger partial charge in [-0.2, -0.15) is 0 Å². The van der Waals surface area contributed by atoms with Gasteiger partial charge in [-0.15, -0.1) is 0 Å². The molecular formula is C18H25N3O2. The van der Waals surface area contributed by atoms with Crippen LogP contribution in [0.1, 0.15) is 31.2 Å². The Hall–Kier alpha value is -1.91. The van der Waals surface area contributed by atoms with Crippen molar-refractivity contribution < 1.29 is 9.47 Å². The summed E-state index contributed by atoms with van der Waals surface area (Å²) in [6.07, 6.45) is 6.57. The summed E-state index contributed by atoms with van der Waals surface area (Å²) in [4.78, 5) is 4.34. The van der Waals surface area contributed by atoms with Crippen LogP contribution in [0.25, 0.3) is 0 Å². The van der Waals surface area contributed by atoms with Crippen LogP contribution in [0.4, 0.5) is 0 Å². The van der Waals surface area contributed by atoms with E-state index >= 15 is 0 Å². The predicted octanol–water partition coefficient (Wildman–Crippen LogP) is 2.31. The highest BCUT2D eigenvalue weighted by Gasteiger charge is 2.53. The largest absolute Gasteiger partial charge is 0.454 e. The van der Waals surface area contributed by atoms with Gasteiger partial charge in [0.1, 0.15) is 0 Å². The molecule has 2 aliphatic carbocycles. The normalized spacial score (nSPS) is 21.2. The summed E-state index contributed by atoms with van der Waals surface area (Å²) in [5.74, 6) is 3.58. The summed E-state index contributed by atoms with van der Waals surface area (Å²) in [5.41, 5.74) is 1.84. The van der Waals surface area contributed by atoms with Gasteiger partial charge in [-0.05, 0) is 61.1 Å². The number of nitrogens with zero attached hydrogens (tertiary/aromatic N) is 1. The summed E-state index contributed by atoms with van der Waals surface area (Å²) >= 11 is 0. The van der Waals surface area contributed by atoms with E-state index in [1.807, 2.05) is 13.1 Å². The Morgan fingerprint density at radius 2 is 2.04 bits per heavy atom. The third-order valence-electron chi connectivity index (χ3n) is 5.31. The van der Waals surface area contributed by atoms with Gasteiger partial charge in [0.2, 0.25) is 6.79 Å². The van der Waals surface area contributed by atoms with Crippen molar-refractivity contribution in [2.24, 2.45) is 16.3 Å². The highest BCUT2D eigenvalue weighted by Crippen LogP contribution is 2.60. The van der Waals surface area contributed by atoms with E-state index in [9.17, 15) is 0 Å². The van der Waals surface area contributed by atoms with Crippen molar-refractivity contribution in [1.29, 1.82) is 0 Å². The predicted molar refractivity (Wildman–Crippen MR) is 90.0 cm³/mol. The van der Waals surface area contributed by atoms with Crippen LogP contribution in [0, 0.1) is 11.3 Å². The smallest absolute Gasteiger partial charge is 0.231 e. The molecule has 2 fully saturated rings. The molecule has 0 radical (unpaired) electrons. The maximum Gasteiger partial charge on any atom is 0.231 e. The standard InChI is InChI=1S/C18H25N3O2/c1-19-17(21-11-18(7-8-18)14-3-4-14)20-9-6-13-2-5-15-16(10-13)23-12-22-15/h2,5,10,14H,3-4,6-9,11-12H2,1H3,(H2,19,20,21). The molecule has 5 nitrogen and oxygen atoms in total. The molecule has 0 bridgehead atoms. The fourth-order valence-corrected chi connectivity index (χ4v) is 3.49. The second kappa shape index (κ2) is 5.95. The van der Waals surface area contributed by atoms with Crippen molar-refractivity contribution in [2.45, 2.75) is 32.1 Å². The van der Waals surface area contributed by atoms with Crippen LogP contribution in [0.2, 0.25) is 0 Å². The molecule has 0 saturated heterocycles. The van der Waals surface area contributed by atoms with Crippen LogP contribution in [0.3, 0.4) is 0 Å². The zero-order chi connectivity index (χ0) is 15.7. The van der Waals surface area contributed by atoms with Crippen molar-refractivity contribution in [3.8, 4) is 11.5 Å². The van der Waals surface area contributed by atoms with Crippen LogP contribution >= 0.6 is 0 Å². The van der Waals surface area contributed by atoms with Crippen LogP contribution in [0.5, 0.6) is 11.5 Å². The number of ether oxygens (including phenoxy) is 2. The molecule has 1 heterocycles. The molecule has 0 unspecified atom stereocenters. The Balaban J connectivity index is 1.23. The molecule has 0 amide bonds. The Bertz CT molecular complexity index is 606. The van der Waals surface area contributed by atoms with E-state index < -0.39 is 0 Å². The van der Waals surface area contributed by atoms with Crippen molar-refractivity contribution in [1.82, 2.24) is 10.6 Å². The van der Waals surface area contributed by atoms with Crippen molar-refractivity contribution >= 4 is 5.96 Å². The Labute approximate surface area is 137 Å². The number of aliphatic imine (C=N–C) groups is 1. The average molecular weight is 315 g/mol. The minimum Gasteiger partial charge on any atom is -0.454 e. The van der Waals surface area contributed by atoms with E-state index in [4.69, 9.17) is 9.47 Å². The lowest BCUT2D eigenvalue weighted by Gasteiger charge is -2.18. The number of guanidine groups is 1. The number of benzene rings is 1. The zero-order valence-electron chi connectivity index (χ0n) is 13.7. The average Bonchev–Trinajstić information content (AvgIpc) is 3.48. The van der Waals surface area contributed by atoms with E-state index in [1.54, 1.807) is 0 Å². The van der Waals surface area contributed by atoms with Gasteiger partial charge in [0.25, 0.3) is 0 Å². The van der Waals surface area contributed by atoms with Crippen molar-refractivity contribution in [2.75, 3.05) is 26.9 Å². The van der Waals surface area contributed by atoms with Gasteiger partial charge < -0.3 is 20.1 Å². The third kappa shape index (κ3) is 3.23. The van der Waals surface area contributed by atoms with Gasteiger partial charge >= 0.3 is 0 Å². The lowest BCUT2D eigenvalue weighted by atomic mass is 10.0. The highest BCUT2D eigenvalue weighted by molar-refractivity contribution is 5.79. The molecule has 124 valence electrons. The molecule has 3 aliphatic rings. The first-order chi connectivity index (χ1) is 11.3. The second-order valence-corrected chi connectivity index (χ2v) is 6.93. The second-order valence-electron chi connectivity index (χ2n) is 6.93. The number of nitrogens with one attached hydrogen (secondary N) is 2. The topological polar surface area (TPSA) is 54.9 Å². The third-order valence-corrected chi connectivity index (χ3v) is 5.31. The maximum atomic E-state index is 5.42. The summed E-state index contributed by atoms with van der Waals surface area (Å²) in [7, 11) is 1.84. The molecule has 1 aromatic rings. The minimum atomic E-state index is 0.330. The molecule has 0 aromatic heterocycles. The van der Waals surface area contributed by atoms with E-state index in [0.717, 1.165) is 42.9 Å². The fourth-order valence-electron chi connectivity index (χ4n) is 3.49. The number of rotatable bonds is 6. The molecule has 0 spiro atoms. The Morgan fingerprint density at radius 1 is 1.22 bits per heavy atom. The van der Waals surface area contributed by atoms with Crippen LogP contribution < -0.4 is 20.1 Å². The van der Waals surface area contributed by atoms with Crippen LogP contribution in [-0.2, 0) is 6.42 Å². The fraction of sp³-hybridized carbons (Fsp3) is 0.611. The lowest BCUT2D eigenvalue weighted by molar-refractivity contribution is 0.174. The van der Waals surface area contributed by atoms with Gasteiger partial charge in [-0.25, -0.2) is 0 Å². The first kappa shape index (κ1) is 14.7. The molecule has 1 aromatic carbocycles. The van der Waals surface area contributed by atoms with E-state index in [2.05, 4.69) is 27.8 Å². The summed E-state index contributed by atoms with van der Waals surface area (Å²) in [6, 6.07) is 6.14. The van der Waals surface area contributed by atoms with Gasteiger partial charge in [0.05, 0.1) is 0 Å². The van der Waals surface area contributed by atoms with E-state index in [0.29, 0.717) is 12.2 Å². The Morgan fingerprint density at radius 3 is 2.78 bits per heavy atom. The summed E-state index contributed by atoms with van der Waals surface area (Å²) < 4.78 is 10.8. The first-order valence-corrected chi connectivity index (χ1v) is 8.62. The lowest BCUT2D eigenvalue weighted by Crippen LogP contribution is -2.41. The monoisotopic (exact) mass is 315 g/mol. The molecule has 5 heteroatoms. The molecule has 2 N–H and O–H groups in total. The summed E-state index contributed by atoms with van der Waals surface area (Å²) in [5, 5.41) is 6.93. The van der Waals surface area contributed by atoms with Gasteiger partial charge in [-0.3, -0.25) is 4.99 Å². The Kier molecular flexibility index (Phi) is 3.79. The van der Waals surface area contributed by atoms with Gasteiger partial charge in [0, 0.05) is 20.1 Å². The zero-order valence-corrected chi connectivity index (χ0v) is 13.7. The minimum absolute atomic E-state index is 0.330. The van der Waals surface area contributed by atoms with Gasteiger partial charge in [-0.1, -0.05) is 6.07 Å². The van der Waals surface area contributed by atoms with Crippen molar-refractivity contribution in [3.05, 3.63) is 23.8 Å². The first-order valence-electron chi connectivity index (χ1n) is 8.62. The molecule has 0 atom stereocenters. The maximum absolute atomic E-state index is 5.42. The number of hydrogen-bond donors (Lipinski definition) is 2. The number of fused-ring (bicyclic) bond motifs is 1. The van der Waals surface area contributed by atoms with Crippen molar-refractivity contribution in [3.63, 3.8) is 0 Å². The highest BCUT2D eigenvalue weighted by atomic mass is 16.7. The molecule has 4 rings (SSSR count). The van der Waals surface area contributed by atoms with E-state index in [-0.39, 0.29) is 0 Å². The van der Waals surface area contributed by atoms with Crippen LogP contribution in [-0.4, -0.2) is 32.9 Å².